The van der Waals surface area contributed by atoms with Crippen molar-refractivity contribution in [2.24, 2.45) is 0 Å². The van der Waals surface area contributed by atoms with Crippen LogP contribution in [0.15, 0.2) is 16.7 Å². The number of furan rings is 1. The summed E-state index contributed by atoms with van der Waals surface area (Å²) in [6.07, 6.45) is 3.86. The standard InChI is InChI=1S/C10H13NO2/c1-4-11-10(3-6-12-7-10)8-2-5-13-9(1)8/h2,5,11H,1,3-4,6-7H2. The molecule has 1 aromatic heterocycles. The van der Waals surface area contributed by atoms with Crippen molar-refractivity contribution < 1.29 is 9.15 Å². The second kappa shape index (κ2) is 2.59. The Morgan fingerprint density at radius 3 is 3.31 bits per heavy atom. The number of hydrogen-bond donors (Lipinski definition) is 1. The van der Waals surface area contributed by atoms with Crippen LogP contribution in [0, 0.1) is 0 Å². The maximum Gasteiger partial charge on any atom is 0.110 e. The van der Waals surface area contributed by atoms with Gasteiger partial charge < -0.3 is 14.5 Å². The zero-order valence-electron chi connectivity index (χ0n) is 7.51. The number of hydrogen-bond acceptors (Lipinski definition) is 3. The van der Waals surface area contributed by atoms with Crippen molar-refractivity contribution in [3.8, 4) is 0 Å². The van der Waals surface area contributed by atoms with Crippen molar-refractivity contribution >= 4 is 0 Å². The van der Waals surface area contributed by atoms with Gasteiger partial charge in [0.15, 0.2) is 0 Å². The maximum absolute atomic E-state index is 5.46. The van der Waals surface area contributed by atoms with Gasteiger partial charge in [-0.2, -0.15) is 0 Å². The van der Waals surface area contributed by atoms with Gasteiger partial charge in [-0.05, 0) is 12.5 Å². The van der Waals surface area contributed by atoms with E-state index in [1.54, 1.807) is 6.26 Å². The third-order valence-corrected chi connectivity index (χ3v) is 3.10. The first-order valence-electron chi connectivity index (χ1n) is 4.80. The van der Waals surface area contributed by atoms with Gasteiger partial charge >= 0.3 is 0 Å². The normalized spacial score (nSPS) is 32.3. The lowest BCUT2D eigenvalue weighted by molar-refractivity contribution is 0.162. The first-order valence-corrected chi connectivity index (χ1v) is 4.80. The van der Waals surface area contributed by atoms with Crippen molar-refractivity contribution in [1.29, 1.82) is 0 Å². The van der Waals surface area contributed by atoms with Crippen LogP contribution < -0.4 is 5.32 Å². The monoisotopic (exact) mass is 179 g/mol. The highest BCUT2D eigenvalue weighted by molar-refractivity contribution is 5.30. The van der Waals surface area contributed by atoms with E-state index in [1.807, 2.05) is 0 Å². The average Bonchev–Trinajstić information content (AvgIpc) is 2.74. The molecule has 0 amide bonds. The summed E-state index contributed by atoms with van der Waals surface area (Å²) in [6, 6.07) is 2.08. The van der Waals surface area contributed by atoms with Gasteiger partial charge in [-0.25, -0.2) is 0 Å². The Morgan fingerprint density at radius 2 is 2.46 bits per heavy atom. The topological polar surface area (TPSA) is 34.4 Å². The van der Waals surface area contributed by atoms with Crippen molar-refractivity contribution in [2.45, 2.75) is 18.4 Å². The second-order valence-corrected chi connectivity index (χ2v) is 3.82. The highest BCUT2D eigenvalue weighted by Gasteiger charge is 2.41. The van der Waals surface area contributed by atoms with Crippen molar-refractivity contribution in [3.63, 3.8) is 0 Å². The van der Waals surface area contributed by atoms with Crippen LogP contribution in [0.4, 0.5) is 0 Å². The Morgan fingerprint density at radius 1 is 1.46 bits per heavy atom. The largest absolute Gasteiger partial charge is 0.469 e. The number of fused-ring (bicyclic) bond motifs is 2. The van der Waals surface area contributed by atoms with Gasteiger partial charge in [0.2, 0.25) is 0 Å². The van der Waals surface area contributed by atoms with Crippen LogP contribution in [-0.4, -0.2) is 19.8 Å². The molecule has 2 aliphatic heterocycles. The highest BCUT2D eigenvalue weighted by atomic mass is 16.5. The van der Waals surface area contributed by atoms with E-state index in [4.69, 9.17) is 9.15 Å². The summed E-state index contributed by atoms with van der Waals surface area (Å²) in [5, 5.41) is 3.55. The lowest BCUT2D eigenvalue weighted by Gasteiger charge is -2.32. The minimum atomic E-state index is 0.0700. The van der Waals surface area contributed by atoms with E-state index in [0.717, 1.165) is 38.4 Å². The van der Waals surface area contributed by atoms with Gasteiger partial charge in [0.1, 0.15) is 5.76 Å². The smallest absolute Gasteiger partial charge is 0.110 e. The summed E-state index contributed by atoms with van der Waals surface area (Å²) in [6.45, 7) is 2.65. The van der Waals surface area contributed by atoms with Gasteiger partial charge in [-0.15, -0.1) is 0 Å². The first kappa shape index (κ1) is 7.59. The summed E-state index contributed by atoms with van der Waals surface area (Å²) >= 11 is 0. The summed E-state index contributed by atoms with van der Waals surface area (Å²) in [7, 11) is 0. The molecule has 3 heterocycles. The molecular weight excluding hydrogens is 166 g/mol. The number of ether oxygens (including phenoxy) is 1. The summed E-state index contributed by atoms with van der Waals surface area (Å²) < 4.78 is 10.9. The third kappa shape index (κ3) is 0.974. The zero-order valence-corrected chi connectivity index (χ0v) is 7.51. The molecule has 3 rings (SSSR count). The Balaban J connectivity index is 2.08. The van der Waals surface area contributed by atoms with Gasteiger partial charge in [0, 0.05) is 25.1 Å². The molecule has 3 nitrogen and oxygen atoms in total. The van der Waals surface area contributed by atoms with Crippen molar-refractivity contribution in [2.75, 3.05) is 19.8 Å². The number of nitrogens with one attached hydrogen (secondary N) is 1. The maximum atomic E-state index is 5.46. The fourth-order valence-electron chi connectivity index (χ4n) is 2.39. The van der Waals surface area contributed by atoms with E-state index in [0.29, 0.717) is 0 Å². The molecule has 0 aliphatic carbocycles. The van der Waals surface area contributed by atoms with E-state index in [2.05, 4.69) is 11.4 Å². The van der Waals surface area contributed by atoms with Crippen LogP contribution in [0.3, 0.4) is 0 Å². The summed E-state index contributed by atoms with van der Waals surface area (Å²) in [5.74, 6) is 1.14. The molecule has 0 aromatic carbocycles. The average molecular weight is 179 g/mol. The Labute approximate surface area is 77.1 Å². The molecule has 0 radical (unpaired) electrons. The molecule has 1 fully saturated rings. The first-order chi connectivity index (χ1) is 6.41. The van der Waals surface area contributed by atoms with E-state index >= 15 is 0 Å². The quantitative estimate of drug-likeness (QED) is 0.646. The Hall–Kier alpha value is -0.800. The molecule has 0 saturated carbocycles. The van der Waals surface area contributed by atoms with Crippen LogP contribution in [0.5, 0.6) is 0 Å². The molecule has 70 valence electrons. The fraction of sp³-hybridized carbons (Fsp3) is 0.600. The molecule has 2 aliphatic rings. The van der Waals surface area contributed by atoms with Crippen molar-refractivity contribution in [3.05, 3.63) is 23.7 Å². The zero-order chi connectivity index (χ0) is 8.73. The van der Waals surface area contributed by atoms with Crippen LogP contribution in [0.1, 0.15) is 17.7 Å². The van der Waals surface area contributed by atoms with Crippen LogP contribution >= 0.6 is 0 Å². The van der Waals surface area contributed by atoms with Crippen LogP contribution in [0.2, 0.25) is 0 Å². The van der Waals surface area contributed by atoms with Gasteiger partial charge in [-0.3, -0.25) is 0 Å². The Bertz CT molecular complexity index is 312. The molecular formula is C10H13NO2. The lowest BCUT2D eigenvalue weighted by Crippen LogP contribution is -2.47. The van der Waals surface area contributed by atoms with Gasteiger partial charge in [0.25, 0.3) is 0 Å². The SMILES string of the molecule is c1cc2c(o1)CCNC21CCOC1. The molecule has 1 spiro atoms. The molecule has 1 aromatic rings. The fourth-order valence-corrected chi connectivity index (χ4v) is 2.39. The number of rotatable bonds is 0. The minimum Gasteiger partial charge on any atom is -0.469 e. The van der Waals surface area contributed by atoms with E-state index in [9.17, 15) is 0 Å². The molecule has 1 unspecified atom stereocenters. The predicted molar refractivity (Wildman–Crippen MR) is 47.5 cm³/mol. The molecule has 0 bridgehead atoms. The molecule has 1 atom stereocenters. The highest BCUT2D eigenvalue weighted by Crippen LogP contribution is 2.35. The van der Waals surface area contributed by atoms with E-state index in [-0.39, 0.29) is 5.54 Å². The molecule has 13 heavy (non-hydrogen) atoms. The summed E-state index contributed by atoms with van der Waals surface area (Å²) in [5.41, 5.74) is 1.39. The van der Waals surface area contributed by atoms with Crippen LogP contribution in [-0.2, 0) is 16.7 Å². The van der Waals surface area contributed by atoms with Crippen molar-refractivity contribution in [1.82, 2.24) is 5.32 Å². The predicted octanol–water partition coefficient (Wildman–Crippen LogP) is 1.04. The Kier molecular flexibility index (Phi) is 1.51. The van der Waals surface area contributed by atoms with Crippen LogP contribution in [0.25, 0.3) is 0 Å². The lowest BCUT2D eigenvalue weighted by atomic mass is 9.86. The van der Waals surface area contributed by atoms with E-state index < -0.39 is 0 Å². The van der Waals surface area contributed by atoms with Gasteiger partial charge in [0.05, 0.1) is 18.4 Å². The molecule has 1 saturated heterocycles. The third-order valence-electron chi connectivity index (χ3n) is 3.10. The summed E-state index contributed by atoms with van der Waals surface area (Å²) in [4.78, 5) is 0. The molecule has 1 N–H and O–H groups in total. The second-order valence-electron chi connectivity index (χ2n) is 3.82. The minimum absolute atomic E-state index is 0.0700. The van der Waals surface area contributed by atoms with Gasteiger partial charge in [-0.1, -0.05) is 0 Å². The molecule has 3 heteroatoms. The van der Waals surface area contributed by atoms with E-state index in [1.165, 1.54) is 5.56 Å².